The average molecular weight is 738 g/mol. The van der Waals surface area contributed by atoms with E-state index in [9.17, 15) is 0 Å². The Bertz CT molecular complexity index is 1930. The minimum atomic E-state index is 0. The molecule has 0 saturated carbocycles. The number of fused-ring (bicyclic) bond motifs is 3. The Labute approximate surface area is 266 Å². The van der Waals surface area contributed by atoms with Crippen molar-refractivity contribution in [2.75, 3.05) is 0 Å². The standard InChI is InChI=1S/C22H22N.C16H9N2O.Ir/c1-22(2,3)16-17-9-11-18(12-10-17)20-13-14-23-21(15-20)19-7-5-4-6-8-19;1-2-7-15-11(5-1)12-9-14(18-10-16(12)19-15)13-6-3-4-8-17-13;/h4-7,9-15H,16H2,1-3H3;1-5,7-10H;/q2*-1;. The van der Waals surface area contributed by atoms with Crippen LogP contribution in [0, 0.1) is 17.5 Å². The van der Waals surface area contributed by atoms with Gasteiger partial charge in [0.1, 0.15) is 5.58 Å². The second kappa shape index (κ2) is 13.2. The summed E-state index contributed by atoms with van der Waals surface area (Å²) in [6.07, 6.45) is 6.45. The quantitative estimate of drug-likeness (QED) is 0.169. The van der Waals surface area contributed by atoms with Crippen LogP contribution in [0.25, 0.3) is 55.7 Å². The molecule has 5 heteroatoms. The molecule has 4 nitrogen and oxygen atoms in total. The molecule has 3 aromatic carbocycles. The van der Waals surface area contributed by atoms with Gasteiger partial charge >= 0.3 is 0 Å². The van der Waals surface area contributed by atoms with Gasteiger partial charge in [-0.15, -0.1) is 42.0 Å². The summed E-state index contributed by atoms with van der Waals surface area (Å²) < 4.78 is 5.75. The van der Waals surface area contributed by atoms with Gasteiger partial charge in [0.2, 0.25) is 0 Å². The first kappa shape index (κ1) is 30.0. The third kappa shape index (κ3) is 7.32. The molecular weight excluding hydrogens is 707 g/mol. The monoisotopic (exact) mass is 738 g/mol. The molecule has 0 aliphatic carbocycles. The first-order valence-electron chi connectivity index (χ1n) is 14.1. The van der Waals surface area contributed by atoms with E-state index in [-0.39, 0.29) is 20.1 Å². The van der Waals surface area contributed by atoms with E-state index in [0.29, 0.717) is 5.41 Å². The largest absolute Gasteiger partial charge is 0.455 e. The number of pyridine rings is 3. The van der Waals surface area contributed by atoms with E-state index in [2.05, 4.69) is 84.3 Å². The smallest absolute Gasteiger partial charge is 0.151 e. The summed E-state index contributed by atoms with van der Waals surface area (Å²) >= 11 is 0. The number of furan rings is 1. The van der Waals surface area contributed by atoms with Crippen LogP contribution in [-0.2, 0) is 26.5 Å². The van der Waals surface area contributed by atoms with Crippen LogP contribution in [0.2, 0.25) is 0 Å². The van der Waals surface area contributed by atoms with Crippen LogP contribution in [0.1, 0.15) is 26.3 Å². The second-order valence-electron chi connectivity index (χ2n) is 11.4. The van der Waals surface area contributed by atoms with Crippen molar-refractivity contribution < 1.29 is 24.5 Å². The molecule has 0 saturated heterocycles. The molecule has 0 bridgehead atoms. The number of benzene rings is 3. The Morgan fingerprint density at radius 1 is 0.651 bits per heavy atom. The topological polar surface area (TPSA) is 51.8 Å². The van der Waals surface area contributed by atoms with E-state index >= 15 is 0 Å². The molecule has 4 heterocycles. The third-order valence-corrected chi connectivity index (χ3v) is 6.88. The van der Waals surface area contributed by atoms with E-state index < -0.39 is 0 Å². The molecule has 43 heavy (non-hydrogen) atoms. The molecule has 0 amide bonds. The number of nitrogens with zero attached hydrogens (tertiary/aromatic N) is 3. The normalized spacial score (nSPS) is 11.0. The molecular formula is C38H31IrN3O-2. The van der Waals surface area contributed by atoms with Crippen molar-refractivity contribution in [3.63, 3.8) is 0 Å². The van der Waals surface area contributed by atoms with Gasteiger partial charge < -0.3 is 14.4 Å². The molecule has 7 rings (SSSR count). The van der Waals surface area contributed by atoms with E-state index in [1.807, 2.05) is 72.9 Å². The van der Waals surface area contributed by atoms with Crippen LogP contribution in [0.3, 0.4) is 0 Å². The predicted octanol–water partition coefficient (Wildman–Crippen LogP) is 9.65. The summed E-state index contributed by atoms with van der Waals surface area (Å²) in [6.45, 7) is 6.81. The number of rotatable bonds is 4. The maximum absolute atomic E-state index is 5.75. The molecule has 0 aliphatic rings. The molecule has 1 radical (unpaired) electrons. The van der Waals surface area contributed by atoms with Gasteiger partial charge in [0, 0.05) is 37.1 Å². The van der Waals surface area contributed by atoms with E-state index in [0.717, 1.165) is 51.0 Å². The Hall–Kier alpha value is -4.44. The first-order chi connectivity index (χ1) is 20.4. The van der Waals surface area contributed by atoms with Gasteiger partial charge in [-0.25, -0.2) is 0 Å². The van der Waals surface area contributed by atoms with Gasteiger partial charge in [-0.3, -0.25) is 4.98 Å². The Balaban J connectivity index is 0.000000170. The minimum Gasteiger partial charge on any atom is -0.455 e. The van der Waals surface area contributed by atoms with Crippen LogP contribution < -0.4 is 0 Å². The average Bonchev–Trinajstić information content (AvgIpc) is 3.40. The molecule has 4 aromatic heterocycles. The third-order valence-electron chi connectivity index (χ3n) is 6.88. The van der Waals surface area contributed by atoms with Gasteiger partial charge in [0.05, 0.1) is 6.20 Å². The summed E-state index contributed by atoms with van der Waals surface area (Å²) in [5.41, 5.74) is 9.31. The fourth-order valence-corrected chi connectivity index (χ4v) is 4.96. The summed E-state index contributed by atoms with van der Waals surface area (Å²) in [5.74, 6) is 0. The Morgan fingerprint density at radius 2 is 1.44 bits per heavy atom. The van der Waals surface area contributed by atoms with Crippen LogP contribution in [0.5, 0.6) is 0 Å². The molecule has 0 aliphatic heterocycles. The zero-order valence-corrected chi connectivity index (χ0v) is 26.7. The molecule has 215 valence electrons. The predicted molar refractivity (Wildman–Crippen MR) is 171 cm³/mol. The summed E-state index contributed by atoms with van der Waals surface area (Å²) in [7, 11) is 0. The van der Waals surface area contributed by atoms with Gasteiger partial charge in [0.25, 0.3) is 0 Å². The summed E-state index contributed by atoms with van der Waals surface area (Å²) in [4.78, 5) is 13.1. The molecule has 0 N–H and O–H groups in total. The number of aromatic nitrogens is 3. The minimum absolute atomic E-state index is 0. The Morgan fingerprint density at radius 3 is 2.19 bits per heavy atom. The van der Waals surface area contributed by atoms with Crippen molar-refractivity contribution in [3.05, 3.63) is 139 Å². The summed E-state index contributed by atoms with van der Waals surface area (Å²) in [5, 5.41) is 2.15. The molecule has 0 spiro atoms. The van der Waals surface area contributed by atoms with Crippen LogP contribution in [-0.4, -0.2) is 15.0 Å². The Kier molecular flexibility index (Phi) is 9.25. The maximum Gasteiger partial charge on any atom is 0.151 e. The van der Waals surface area contributed by atoms with E-state index in [4.69, 9.17) is 4.42 Å². The zero-order chi connectivity index (χ0) is 28.9. The maximum atomic E-state index is 5.75. The van der Waals surface area contributed by atoms with Crippen molar-refractivity contribution >= 4 is 21.9 Å². The van der Waals surface area contributed by atoms with Gasteiger partial charge in [-0.1, -0.05) is 75.4 Å². The van der Waals surface area contributed by atoms with Crippen molar-refractivity contribution in [1.29, 1.82) is 0 Å². The van der Waals surface area contributed by atoms with Gasteiger partial charge in [-0.2, -0.15) is 12.1 Å². The van der Waals surface area contributed by atoms with E-state index in [1.54, 1.807) is 12.4 Å². The fourth-order valence-electron chi connectivity index (χ4n) is 4.96. The van der Waals surface area contributed by atoms with Crippen molar-refractivity contribution in [1.82, 2.24) is 15.0 Å². The van der Waals surface area contributed by atoms with E-state index in [1.165, 1.54) is 16.7 Å². The zero-order valence-electron chi connectivity index (χ0n) is 24.3. The fraction of sp³-hybridized carbons (Fsp3) is 0.132. The van der Waals surface area contributed by atoms with Crippen LogP contribution in [0.4, 0.5) is 0 Å². The van der Waals surface area contributed by atoms with Crippen LogP contribution >= 0.6 is 0 Å². The van der Waals surface area contributed by atoms with Gasteiger partial charge in [-0.05, 0) is 63.9 Å². The van der Waals surface area contributed by atoms with Crippen molar-refractivity contribution in [3.8, 4) is 33.8 Å². The molecule has 0 unspecified atom stereocenters. The number of hydrogen-bond acceptors (Lipinski definition) is 4. The number of para-hydroxylation sites is 1. The SMILES string of the molecule is CC(C)(C)Cc1ccc(-c2ccnc(-c3[c-]cccc3)c2)cc1.[Ir].[c-]1cccnc1-c1cc2c(cn1)oc1ccccc12. The first-order valence-corrected chi connectivity index (χ1v) is 14.1. The van der Waals surface area contributed by atoms with Crippen molar-refractivity contribution in [2.24, 2.45) is 5.41 Å². The van der Waals surface area contributed by atoms with Crippen LogP contribution in [0.15, 0.2) is 126 Å². The van der Waals surface area contributed by atoms with Gasteiger partial charge in [0.15, 0.2) is 5.58 Å². The van der Waals surface area contributed by atoms with Crippen molar-refractivity contribution in [2.45, 2.75) is 27.2 Å². The second-order valence-corrected chi connectivity index (χ2v) is 11.4. The summed E-state index contributed by atoms with van der Waals surface area (Å²) in [6, 6.07) is 41.0. The molecule has 0 fully saturated rings. The molecule has 7 aromatic rings. The number of hydrogen-bond donors (Lipinski definition) is 0. The molecule has 0 atom stereocenters.